The monoisotopic (exact) mass is 258 g/mol. The summed E-state index contributed by atoms with van der Waals surface area (Å²) in [4.78, 5) is 21.6. The summed E-state index contributed by atoms with van der Waals surface area (Å²) in [5.74, 6) is -2.47. The Kier molecular flexibility index (Phi) is 7.54. The molecule has 106 valence electrons. The van der Waals surface area contributed by atoms with Crippen LogP contribution in [0.4, 0.5) is 0 Å². The van der Waals surface area contributed by atoms with Crippen molar-refractivity contribution in [2.75, 3.05) is 13.1 Å². The molecular weight excluding hydrogens is 236 g/mol. The van der Waals surface area contributed by atoms with E-state index >= 15 is 0 Å². The molecule has 0 heterocycles. The Morgan fingerprint density at radius 3 is 1.28 bits per heavy atom. The van der Waals surface area contributed by atoms with E-state index in [4.69, 9.17) is 0 Å². The lowest BCUT2D eigenvalue weighted by Crippen LogP contribution is -2.53. The number of carbonyl (C=O) groups is 2. The molecule has 2 atom stereocenters. The average molecular weight is 258 g/mol. The summed E-state index contributed by atoms with van der Waals surface area (Å²) < 4.78 is 0. The maximum atomic E-state index is 10.8. The van der Waals surface area contributed by atoms with E-state index in [2.05, 4.69) is 10.6 Å². The summed E-state index contributed by atoms with van der Waals surface area (Å²) in [5.41, 5.74) is 0. The highest BCUT2D eigenvalue weighted by atomic mass is 16.4. The number of rotatable bonds is 9. The number of carboxylic acid groups (broad SMARTS) is 2. The highest BCUT2D eigenvalue weighted by Crippen LogP contribution is 2.01. The minimum absolute atomic E-state index is 0.0861. The van der Waals surface area contributed by atoms with Crippen molar-refractivity contribution in [3.63, 3.8) is 0 Å². The maximum absolute atomic E-state index is 10.8. The van der Waals surface area contributed by atoms with Crippen LogP contribution in [0.15, 0.2) is 0 Å². The Hall–Kier alpha value is -1.14. The van der Waals surface area contributed by atoms with Gasteiger partial charge < -0.3 is 30.4 Å². The number of carboxylic acids is 2. The van der Waals surface area contributed by atoms with Crippen LogP contribution >= 0.6 is 0 Å². The molecule has 0 radical (unpaired) electrons. The first kappa shape index (κ1) is 16.9. The molecule has 0 aliphatic rings. The minimum atomic E-state index is -1.15. The second-order valence-electron chi connectivity index (χ2n) is 4.99. The molecule has 0 aromatic carbocycles. The number of carbonyl (C=O) groups excluding carboxylic acids is 2. The van der Waals surface area contributed by atoms with Crippen molar-refractivity contribution >= 4 is 11.9 Å². The Bertz CT molecular complexity index is 251. The molecule has 0 aliphatic heterocycles. The summed E-state index contributed by atoms with van der Waals surface area (Å²) in [5, 5.41) is 27.2. The Morgan fingerprint density at radius 2 is 1.11 bits per heavy atom. The van der Waals surface area contributed by atoms with Crippen LogP contribution in [-0.2, 0) is 9.59 Å². The first-order valence-electron chi connectivity index (χ1n) is 6.15. The summed E-state index contributed by atoms with van der Waals surface area (Å²) in [7, 11) is 0. The molecule has 0 spiro atoms. The van der Waals surface area contributed by atoms with Crippen LogP contribution < -0.4 is 20.8 Å². The molecule has 0 unspecified atom stereocenters. The molecule has 6 heteroatoms. The molecule has 18 heavy (non-hydrogen) atoms. The average Bonchev–Trinajstić information content (AvgIpc) is 2.20. The third-order valence-corrected chi connectivity index (χ3v) is 2.69. The van der Waals surface area contributed by atoms with Gasteiger partial charge in [0.05, 0.1) is 11.9 Å². The summed E-state index contributed by atoms with van der Waals surface area (Å²) in [6, 6.07) is -1.46. The topological polar surface area (TPSA) is 104 Å². The van der Waals surface area contributed by atoms with Crippen LogP contribution in [0.25, 0.3) is 0 Å². The number of aliphatic carboxylic acids is 2. The van der Waals surface area contributed by atoms with Crippen molar-refractivity contribution < 1.29 is 19.8 Å². The minimum Gasteiger partial charge on any atom is -0.548 e. The summed E-state index contributed by atoms with van der Waals surface area (Å²) in [6.45, 7) is 7.82. The normalized spacial score (nSPS) is 14.8. The maximum Gasteiger partial charge on any atom is 0.0586 e. The van der Waals surface area contributed by atoms with Crippen molar-refractivity contribution in [1.82, 2.24) is 10.6 Å². The third kappa shape index (κ3) is 5.97. The summed E-state index contributed by atoms with van der Waals surface area (Å²) in [6.07, 6.45) is 0. The van der Waals surface area contributed by atoms with Crippen LogP contribution in [0, 0.1) is 11.8 Å². The molecule has 0 aromatic rings. The van der Waals surface area contributed by atoms with Crippen molar-refractivity contribution in [3.05, 3.63) is 0 Å². The van der Waals surface area contributed by atoms with Crippen LogP contribution in [0.1, 0.15) is 27.7 Å². The molecular formula is C12H22N2O4-2. The Labute approximate surface area is 108 Å². The fourth-order valence-electron chi connectivity index (χ4n) is 1.64. The van der Waals surface area contributed by atoms with Crippen molar-refractivity contribution in [1.29, 1.82) is 0 Å². The molecule has 0 aliphatic carbocycles. The van der Waals surface area contributed by atoms with E-state index < -0.39 is 24.0 Å². The highest BCUT2D eigenvalue weighted by molar-refractivity contribution is 5.72. The van der Waals surface area contributed by atoms with E-state index in [1.165, 1.54) is 0 Å². The van der Waals surface area contributed by atoms with Gasteiger partial charge in [-0.3, -0.25) is 0 Å². The van der Waals surface area contributed by atoms with E-state index in [0.29, 0.717) is 13.1 Å². The van der Waals surface area contributed by atoms with E-state index in [1.54, 1.807) is 27.7 Å². The number of hydrogen-bond donors (Lipinski definition) is 2. The van der Waals surface area contributed by atoms with Gasteiger partial charge in [-0.2, -0.15) is 0 Å². The highest BCUT2D eigenvalue weighted by Gasteiger charge is 2.15. The molecule has 0 saturated carbocycles. The van der Waals surface area contributed by atoms with Crippen molar-refractivity contribution in [2.24, 2.45) is 11.8 Å². The van der Waals surface area contributed by atoms with Gasteiger partial charge in [-0.25, -0.2) is 0 Å². The van der Waals surface area contributed by atoms with E-state index in [-0.39, 0.29) is 11.8 Å². The van der Waals surface area contributed by atoms with Gasteiger partial charge in [0, 0.05) is 25.2 Å². The molecule has 0 aromatic heterocycles. The first-order chi connectivity index (χ1) is 8.27. The van der Waals surface area contributed by atoms with E-state index in [0.717, 1.165) is 0 Å². The van der Waals surface area contributed by atoms with Gasteiger partial charge in [0.2, 0.25) is 0 Å². The van der Waals surface area contributed by atoms with Gasteiger partial charge in [0.1, 0.15) is 0 Å². The summed E-state index contributed by atoms with van der Waals surface area (Å²) >= 11 is 0. The van der Waals surface area contributed by atoms with Crippen LogP contribution in [0.5, 0.6) is 0 Å². The lowest BCUT2D eigenvalue weighted by atomic mass is 10.0. The van der Waals surface area contributed by atoms with Gasteiger partial charge in [0.15, 0.2) is 0 Å². The zero-order chi connectivity index (χ0) is 14.3. The first-order valence-corrected chi connectivity index (χ1v) is 6.15. The fraction of sp³-hybridized carbons (Fsp3) is 0.833. The Morgan fingerprint density at radius 1 is 0.833 bits per heavy atom. The Balaban J connectivity index is 4.04. The fourth-order valence-corrected chi connectivity index (χ4v) is 1.64. The molecule has 0 fully saturated rings. The van der Waals surface area contributed by atoms with Crippen LogP contribution in [0.3, 0.4) is 0 Å². The number of hydrogen-bond acceptors (Lipinski definition) is 6. The molecule has 6 nitrogen and oxygen atoms in total. The third-order valence-electron chi connectivity index (χ3n) is 2.69. The van der Waals surface area contributed by atoms with Crippen LogP contribution in [-0.4, -0.2) is 37.1 Å². The quantitative estimate of drug-likeness (QED) is 0.451. The van der Waals surface area contributed by atoms with Gasteiger partial charge >= 0.3 is 0 Å². The molecule has 2 N–H and O–H groups in total. The lowest BCUT2D eigenvalue weighted by Gasteiger charge is -2.26. The van der Waals surface area contributed by atoms with E-state index in [1.807, 2.05) is 0 Å². The SMILES string of the molecule is CC(C)[C@@H](NCCN[C@@H](C(=O)[O-])C(C)C)C(=O)[O-]. The second-order valence-corrected chi connectivity index (χ2v) is 4.99. The van der Waals surface area contributed by atoms with E-state index in [9.17, 15) is 19.8 Å². The lowest BCUT2D eigenvalue weighted by molar-refractivity contribution is -0.311. The number of nitrogens with one attached hydrogen (secondary N) is 2. The predicted molar refractivity (Wildman–Crippen MR) is 63.3 cm³/mol. The smallest absolute Gasteiger partial charge is 0.0586 e. The zero-order valence-electron chi connectivity index (χ0n) is 11.4. The second kappa shape index (κ2) is 8.05. The molecule has 0 amide bonds. The van der Waals surface area contributed by atoms with Crippen molar-refractivity contribution in [2.45, 2.75) is 39.8 Å². The van der Waals surface area contributed by atoms with Gasteiger partial charge in [-0.15, -0.1) is 0 Å². The zero-order valence-corrected chi connectivity index (χ0v) is 11.4. The predicted octanol–water partition coefficient (Wildman–Crippen LogP) is -2.29. The standard InChI is InChI=1S/C12H24N2O4/c1-7(2)9(11(15)16)13-5-6-14-10(8(3)4)12(17)18/h7-10,13-14H,5-6H2,1-4H3,(H,15,16)(H,17,18)/p-2/t9-,10-/m1/s1. The molecule has 0 bridgehead atoms. The van der Waals surface area contributed by atoms with Gasteiger partial charge in [-0.1, -0.05) is 27.7 Å². The molecule has 0 rings (SSSR count). The van der Waals surface area contributed by atoms with Crippen LogP contribution in [0.2, 0.25) is 0 Å². The largest absolute Gasteiger partial charge is 0.548 e. The van der Waals surface area contributed by atoms with Crippen molar-refractivity contribution in [3.8, 4) is 0 Å². The van der Waals surface area contributed by atoms with Gasteiger partial charge in [-0.05, 0) is 11.8 Å². The molecule has 0 saturated heterocycles. The van der Waals surface area contributed by atoms with Gasteiger partial charge in [0.25, 0.3) is 0 Å².